The van der Waals surface area contributed by atoms with E-state index >= 15 is 0 Å². The van der Waals surface area contributed by atoms with Crippen molar-refractivity contribution in [1.29, 1.82) is 0 Å². The number of rotatable bonds is 4. The van der Waals surface area contributed by atoms with Crippen LogP contribution in [0.5, 0.6) is 5.75 Å². The fraction of sp³-hybridized carbons (Fsp3) is 0.133. The first kappa shape index (κ1) is 14.4. The van der Waals surface area contributed by atoms with Crippen molar-refractivity contribution in [2.45, 2.75) is 13.5 Å². The summed E-state index contributed by atoms with van der Waals surface area (Å²) in [4.78, 5) is -0.00807. The number of aryl methyl sites for hydroxylation is 1. The number of halogens is 2. The molecule has 0 radical (unpaired) electrons. The van der Waals surface area contributed by atoms with E-state index in [9.17, 15) is 8.78 Å². The van der Waals surface area contributed by atoms with E-state index in [2.05, 4.69) is 0 Å². The summed E-state index contributed by atoms with van der Waals surface area (Å²) in [6.07, 6.45) is 0. The van der Waals surface area contributed by atoms with Crippen LogP contribution in [0.4, 0.5) is 8.78 Å². The van der Waals surface area contributed by atoms with E-state index in [1.54, 1.807) is 25.1 Å². The molecule has 0 spiro atoms. The normalized spacial score (nSPS) is 10.3. The van der Waals surface area contributed by atoms with Crippen molar-refractivity contribution in [2.75, 3.05) is 0 Å². The first-order valence-electron chi connectivity index (χ1n) is 5.95. The van der Waals surface area contributed by atoms with Gasteiger partial charge >= 0.3 is 0 Å². The molecule has 0 aliphatic rings. The van der Waals surface area contributed by atoms with Crippen molar-refractivity contribution in [2.24, 2.45) is 5.73 Å². The van der Waals surface area contributed by atoms with E-state index in [0.717, 1.165) is 5.56 Å². The van der Waals surface area contributed by atoms with Gasteiger partial charge in [0.1, 0.15) is 29.0 Å². The van der Waals surface area contributed by atoms with Gasteiger partial charge < -0.3 is 10.5 Å². The van der Waals surface area contributed by atoms with E-state index in [0.29, 0.717) is 11.3 Å². The molecule has 0 bridgehead atoms. The van der Waals surface area contributed by atoms with Gasteiger partial charge in [-0.1, -0.05) is 30.4 Å². The molecule has 0 aliphatic carbocycles. The van der Waals surface area contributed by atoms with Crippen LogP contribution in [0.1, 0.15) is 16.7 Å². The molecule has 2 nitrogen and oxygen atoms in total. The predicted octanol–water partition coefficient (Wildman–Crippen LogP) is 3.49. The summed E-state index contributed by atoms with van der Waals surface area (Å²) in [6, 6.07) is 8.95. The molecule has 0 fully saturated rings. The van der Waals surface area contributed by atoms with Gasteiger partial charge in [-0.3, -0.25) is 0 Å². The number of benzene rings is 2. The maximum absolute atomic E-state index is 14.1. The molecule has 2 N–H and O–H groups in total. The maximum Gasteiger partial charge on any atom is 0.139 e. The fourth-order valence-corrected chi connectivity index (χ4v) is 1.92. The second kappa shape index (κ2) is 5.96. The number of thiocarbonyl (C=S) groups is 1. The molecule has 0 aliphatic heterocycles. The standard InChI is InChI=1S/C15H13F2NOS/c1-9-5-6-11(16)7-13(9)19-8-10-3-2-4-12(14(10)17)15(18)20/h2-7H,8H2,1H3,(H2,18,20). The summed E-state index contributed by atoms with van der Waals surface area (Å²) < 4.78 is 32.7. The van der Waals surface area contributed by atoms with Crippen LogP contribution in [0.2, 0.25) is 0 Å². The fourth-order valence-electron chi connectivity index (χ4n) is 1.77. The minimum absolute atomic E-state index is 0.00807. The molecular weight excluding hydrogens is 280 g/mol. The topological polar surface area (TPSA) is 35.2 Å². The Kier molecular flexibility index (Phi) is 4.29. The molecule has 2 rings (SSSR count). The van der Waals surface area contributed by atoms with E-state index in [1.807, 2.05) is 0 Å². The lowest BCUT2D eigenvalue weighted by molar-refractivity contribution is 0.296. The Labute approximate surface area is 121 Å². The van der Waals surface area contributed by atoms with Gasteiger partial charge in [0.25, 0.3) is 0 Å². The van der Waals surface area contributed by atoms with Gasteiger partial charge in [0.05, 0.1) is 0 Å². The molecule has 0 heterocycles. The first-order chi connectivity index (χ1) is 9.49. The molecule has 0 saturated carbocycles. The van der Waals surface area contributed by atoms with Gasteiger partial charge in [-0.15, -0.1) is 0 Å². The van der Waals surface area contributed by atoms with E-state index in [4.69, 9.17) is 22.7 Å². The summed E-state index contributed by atoms with van der Waals surface area (Å²) >= 11 is 4.77. The maximum atomic E-state index is 14.1. The number of hydrogen-bond donors (Lipinski definition) is 1. The predicted molar refractivity (Wildman–Crippen MR) is 77.8 cm³/mol. The lowest BCUT2D eigenvalue weighted by atomic mass is 10.1. The molecule has 0 atom stereocenters. The van der Waals surface area contributed by atoms with Crippen molar-refractivity contribution >= 4 is 17.2 Å². The molecule has 0 aromatic heterocycles. The van der Waals surface area contributed by atoms with Crippen molar-refractivity contribution in [3.8, 4) is 5.75 Å². The summed E-state index contributed by atoms with van der Waals surface area (Å²) in [5, 5.41) is 0. The van der Waals surface area contributed by atoms with Crippen LogP contribution in [-0.4, -0.2) is 4.99 Å². The van der Waals surface area contributed by atoms with Gasteiger partial charge in [-0.25, -0.2) is 8.78 Å². The highest BCUT2D eigenvalue weighted by atomic mass is 32.1. The minimum atomic E-state index is -0.506. The minimum Gasteiger partial charge on any atom is -0.488 e. The van der Waals surface area contributed by atoms with Gasteiger partial charge in [0.2, 0.25) is 0 Å². The zero-order chi connectivity index (χ0) is 14.7. The van der Waals surface area contributed by atoms with Gasteiger partial charge in [-0.2, -0.15) is 0 Å². The smallest absolute Gasteiger partial charge is 0.139 e. The molecule has 5 heteroatoms. The number of hydrogen-bond acceptors (Lipinski definition) is 2. The van der Waals surface area contributed by atoms with Gasteiger partial charge in [-0.05, 0) is 24.6 Å². The lowest BCUT2D eigenvalue weighted by Crippen LogP contribution is -2.13. The molecule has 2 aromatic rings. The van der Waals surface area contributed by atoms with Crippen LogP contribution in [-0.2, 0) is 6.61 Å². The van der Waals surface area contributed by atoms with Crippen LogP contribution >= 0.6 is 12.2 Å². The monoisotopic (exact) mass is 293 g/mol. The Balaban J connectivity index is 2.21. The first-order valence-corrected chi connectivity index (χ1v) is 6.36. The quantitative estimate of drug-likeness (QED) is 0.877. The van der Waals surface area contributed by atoms with Crippen molar-refractivity contribution in [1.82, 2.24) is 0 Å². The van der Waals surface area contributed by atoms with Gasteiger partial charge in [0.15, 0.2) is 0 Å². The Hall–Kier alpha value is -2.01. The van der Waals surface area contributed by atoms with Gasteiger partial charge in [0, 0.05) is 17.2 Å². The molecular formula is C15H13F2NOS. The molecule has 0 saturated heterocycles. The van der Waals surface area contributed by atoms with Crippen molar-refractivity contribution in [3.63, 3.8) is 0 Å². The van der Waals surface area contributed by atoms with E-state index < -0.39 is 11.6 Å². The Morgan fingerprint density at radius 1 is 1.25 bits per heavy atom. The van der Waals surface area contributed by atoms with E-state index in [-0.39, 0.29) is 17.2 Å². The average Bonchev–Trinajstić information content (AvgIpc) is 2.41. The van der Waals surface area contributed by atoms with Crippen molar-refractivity contribution < 1.29 is 13.5 Å². The summed E-state index contributed by atoms with van der Waals surface area (Å²) in [5.41, 5.74) is 6.71. The van der Waals surface area contributed by atoms with Crippen LogP contribution in [0, 0.1) is 18.6 Å². The zero-order valence-corrected chi connectivity index (χ0v) is 11.6. The number of ether oxygens (including phenoxy) is 1. The molecule has 2 aromatic carbocycles. The lowest BCUT2D eigenvalue weighted by Gasteiger charge is -2.11. The van der Waals surface area contributed by atoms with Crippen LogP contribution < -0.4 is 10.5 Å². The third kappa shape index (κ3) is 3.11. The second-order valence-corrected chi connectivity index (χ2v) is 4.78. The summed E-state index contributed by atoms with van der Waals surface area (Å²) in [5.74, 6) is -0.526. The van der Waals surface area contributed by atoms with Crippen LogP contribution in [0.25, 0.3) is 0 Å². The summed E-state index contributed by atoms with van der Waals surface area (Å²) in [6.45, 7) is 1.77. The highest BCUT2D eigenvalue weighted by molar-refractivity contribution is 7.80. The molecule has 20 heavy (non-hydrogen) atoms. The highest BCUT2D eigenvalue weighted by Gasteiger charge is 2.11. The van der Waals surface area contributed by atoms with Crippen LogP contribution in [0.3, 0.4) is 0 Å². The third-order valence-electron chi connectivity index (χ3n) is 2.88. The second-order valence-electron chi connectivity index (χ2n) is 4.34. The molecule has 104 valence electrons. The Bertz CT molecular complexity index is 658. The molecule has 0 unspecified atom stereocenters. The summed E-state index contributed by atoms with van der Waals surface area (Å²) in [7, 11) is 0. The third-order valence-corrected chi connectivity index (χ3v) is 3.10. The Morgan fingerprint density at radius 2 is 2.00 bits per heavy atom. The molecule has 0 amide bonds. The highest BCUT2D eigenvalue weighted by Crippen LogP contribution is 2.21. The number of nitrogens with two attached hydrogens (primary N) is 1. The largest absolute Gasteiger partial charge is 0.488 e. The SMILES string of the molecule is Cc1ccc(F)cc1OCc1cccc(C(N)=S)c1F. The van der Waals surface area contributed by atoms with E-state index in [1.165, 1.54) is 18.2 Å². The Morgan fingerprint density at radius 3 is 2.70 bits per heavy atom. The van der Waals surface area contributed by atoms with Crippen LogP contribution in [0.15, 0.2) is 36.4 Å². The van der Waals surface area contributed by atoms with Crippen molar-refractivity contribution in [3.05, 3.63) is 64.7 Å². The zero-order valence-electron chi connectivity index (χ0n) is 10.8. The average molecular weight is 293 g/mol.